The van der Waals surface area contributed by atoms with Crippen LogP contribution in [0.15, 0.2) is 60.1 Å². The summed E-state index contributed by atoms with van der Waals surface area (Å²) in [6, 6.07) is 15.1. The second-order valence-corrected chi connectivity index (χ2v) is 7.21. The normalized spacial score (nSPS) is 10.9. The van der Waals surface area contributed by atoms with Gasteiger partial charge in [-0.1, -0.05) is 35.9 Å². The molecule has 4 rings (SSSR count). The number of ether oxygens (including phenoxy) is 1. The van der Waals surface area contributed by atoms with Gasteiger partial charge in [0.1, 0.15) is 11.4 Å². The Hall–Kier alpha value is -2.83. The summed E-state index contributed by atoms with van der Waals surface area (Å²) >= 11 is 7.32. The van der Waals surface area contributed by atoms with Gasteiger partial charge >= 0.3 is 0 Å². The van der Waals surface area contributed by atoms with Crippen molar-refractivity contribution in [3.63, 3.8) is 0 Å². The van der Waals surface area contributed by atoms with Gasteiger partial charge in [-0.3, -0.25) is 9.20 Å². The van der Waals surface area contributed by atoms with Crippen LogP contribution in [0.5, 0.6) is 5.75 Å². The summed E-state index contributed by atoms with van der Waals surface area (Å²) in [4.78, 5) is 18.0. The minimum absolute atomic E-state index is 0.147. The zero-order valence-electron chi connectivity index (χ0n) is 14.5. The molecular weight excluding hydrogens is 382 g/mol. The number of hydrogen-bond donors (Lipinski definition) is 1. The summed E-state index contributed by atoms with van der Waals surface area (Å²) in [7, 11) is 1.63. The molecule has 2 heterocycles. The molecule has 136 valence electrons. The molecule has 1 amide bonds. The van der Waals surface area contributed by atoms with Gasteiger partial charge < -0.3 is 10.1 Å². The van der Waals surface area contributed by atoms with E-state index < -0.39 is 0 Å². The van der Waals surface area contributed by atoms with Crippen molar-refractivity contribution in [1.82, 2.24) is 14.7 Å². The van der Waals surface area contributed by atoms with Crippen molar-refractivity contribution in [3.8, 4) is 17.0 Å². The lowest BCUT2D eigenvalue weighted by Crippen LogP contribution is -2.23. The molecule has 0 radical (unpaired) electrons. The van der Waals surface area contributed by atoms with E-state index >= 15 is 0 Å². The minimum Gasteiger partial charge on any atom is -0.497 e. The number of amides is 1. The molecule has 0 aliphatic heterocycles. The van der Waals surface area contributed by atoms with Crippen molar-refractivity contribution in [3.05, 3.63) is 76.4 Å². The Labute approximate surface area is 165 Å². The van der Waals surface area contributed by atoms with Crippen molar-refractivity contribution in [1.29, 1.82) is 0 Å². The first-order chi connectivity index (χ1) is 13.1. The van der Waals surface area contributed by atoms with Gasteiger partial charge in [0, 0.05) is 28.7 Å². The predicted octanol–water partition coefficient (Wildman–Crippen LogP) is 4.65. The number of hydrogen-bond acceptors (Lipinski definition) is 4. The molecule has 1 N–H and O–H groups in total. The summed E-state index contributed by atoms with van der Waals surface area (Å²) in [5.41, 5.74) is 3.29. The van der Waals surface area contributed by atoms with Gasteiger partial charge in [-0.25, -0.2) is 4.98 Å². The fourth-order valence-electron chi connectivity index (χ4n) is 2.74. The third-order valence-corrected chi connectivity index (χ3v) is 5.27. The van der Waals surface area contributed by atoms with Gasteiger partial charge in [-0.05, 0) is 29.8 Å². The number of nitrogens with zero attached hydrogens (tertiary/aromatic N) is 2. The highest BCUT2D eigenvalue weighted by Crippen LogP contribution is 2.26. The van der Waals surface area contributed by atoms with Crippen molar-refractivity contribution >= 4 is 33.8 Å². The fraction of sp³-hybridized carbons (Fsp3) is 0.100. The van der Waals surface area contributed by atoms with Crippen LogP contribution >= 0.6 is 22.9 Å². The van der Waals surface area contributed by atoms with Gasteiger partial charge in [0.05, 0.1) is 12.8 Å². The molecule has 0 saturated carbocycles. The molecular formula is C20H16ClN3O2S. The van der Waals surface area contributed by atoms with Crippen LogP contribution in [0.1, 0.15) is 16.1 Å². The zero-order chi connectivity index (χ0) is 18.8. The van der Waals surface area contributed by atoms with Crippen LogP contribution in [0.4, 0.5) is 0 Å². The topological polar surface area (TPSA) is 55.6 Å². The molecule has 0 fully saturated rings. The lowest BCUT2D eigenvalue weighted by molar-refractivity contribution is 0.0945. The Balaban J connectivity index is 1.56. The largest absolute Gasteiger partial charge is 0.497 e. The van der Waals surface area contributed by atoms with E-state index in [1.165, 1.54) is 11.3 Å². The Kier molecular flexibility index (Phi) is 4.83. The summed E-state index contributed by atoms with van der Waals surface area (Å²) in [5.74, 6) is 0.621. The number of nitrogens with one attached hydrogen (secondary N) is 1. The first kappa shape index (κ1) is 17.6. The van der Waals surface area contributed by atoms with E-state index in [4.69, 9.17) is 16.3 Å². The lowest BCUT2D eigenvalue weighted by Gasteiger charge is -2.05. The van der Waals surface area contributed by atoms with Crippen LogP contribution in [-0.2, 0) is 6.54 Å². The number of methoxy groups -OCH3 is 1. The Morgan fingerprint density at radius 2 is 2.07 bits per heavy atom. The fourth-order valence-corrected chi connectivity index (χ4v) is 3.72. The van der Waals surface area contributed by atoms with Gasteiger partial charge in [-0.15, -0.1) is 11.3 Å². The molecule has 0 saturated heterocycles. The van der Waals surface area contributed by atoms with E-state index in [0.717, 1.165) is 27.5 Å². The second-order valence-electron chi connectivity index (χ2n) is 5.94. The highest BCUT2D eigenvalue weighted by Gasteiger charge is 2.15. The maximum Gasteiger partial charge on any atom is 0.269 e. The summed E-state index contributed by atoms with van der Waals surface area (Å²) < 4.78 is 7.09. The van der Waals surface area contributed by atoms with E-state index in [1.807, 2.05) is 64.5 Å². The number of halogens is 1. The van der Waals surface area contributed by atoms with E-state index in [1.54, 1.807) is 7.11 Å². The molecule has 0 unspecified atom stereocenters. The smallest absolute Gasteiger partial charge is 0.269 e. The highest BCUT2D eigenvalue weighted by atomic mass is 35.5. The van der Waals surface area contributed by atoms with Crippen molar-refractivity contribution in [2.24, 2.45) is 0 Å². The zero-order valence-corrected chi connectivity index (χ0v) is 16.1. The summed E-state index contributed by atoms with van der Waals surface area (Å²) in [6.45, 7) is 0.435. The Bertz CT molecular complexity index is 1100. The molecule has 0 aliphatic carbocycles. The van der Waals surface area contributed by atoms with E-state index in [2.05, 4.69) is 10.3 Å². The van der Waals surface area contributed by atoms with Crippen LogP contribution in [0, 0.1) is 0 Å². The third-order valence-electron chi connectivity index (χ3n) is 4.17. The molecule has 0 atom stereocenters. The molecule has 0 bridgehead atoms. The molecule has 4 aromatic rings. The molecule has 7 heteroatoms. The molecule has 0 aliphatic rings. The summed E-state index contributed by atoms with van der Waals surface area (Å²) in [6.07, 6.45) is 1.87. The monoisotopic (exact) mass is 397 g/mol. The number of carbonyl (C=O) groups excluding carboxylic acids is 1. The van der Waals surface area contributed by atoms with E-state index in [0.29, 0.717) is 17.3 Å². The first-order valence-corrected chi connectivity index (χ1v) is 9.53. The van der Waals surface area contributed by atoms with Gasteiger partial charge in [0.25, 0.3) is 5.91 Å². The number of thiazole rings is 1. The molecule has 2 aromatic heterocycles. The number of rotatable bonds is 5. The number of benzene rings is 2. The number of imidazole rings is 1. The molecule has 2 aromatic carbocycles. The predicted molar refractivity (Wildman–Crippen MR) is 108 cm³/mol. The molecule has 27 heavy (non-hydrogen) atoms. The summed E-state index contributed by atoms with van der Waals surface area (Å²) in [5, 5.41) is 5.42. The highest BCUT2D eigenvalue weighted by molar-refractivity contribution is 7.15. The Morgan fingerprint density at radius 1 is 1.26 bits per heavy atom. The average Bonchev–Trinajstić information content (AvgIpc) is 3.28. The van der Waals surface area contributed by atoms with Crippen LogP contribution in [0.2, 0.25) is 5.02 Å². The first-order valence-electron chi connectivity index (χ1n) is 8.28. The molecule has 5 nitrogen and oxygen atoms in total. The quantitative estimate of drug-likeness (QED) is 0.533. The number of aromatic nitrogens is 2. The van der Waals surface area contributed by atoms with Gasteiger partial charge in [0.15, 0.2) is 4.96 Å². The average molecular weight is 398 g/mol. The maximum absolute atomic E-state index is 12.6. The van der Waals surface area contributed by atoms with E-state index in [-0.39, 0.29) is 5.91 Å². The number of carbonyl (C=O) groups is 1. The standard InChI is InChI=1S/C20H16ClN3O2S/c1-26-16-4-2-3-14(9-16)17-11-24-18(12-27-20(24)23-17)19(25)22-10-13-5-7-15(21)8-6-13/h2-9,11-12H,10H2,1H3,(H,22,25). The van der Waals surface area contributed by atoms with Crippen molar-refractivity contribution < 1.29 is 9.53 Å². The van der Waals surface area contributed by atoms with Crippen LogP contribution in [0.3, 0.4) is 0 Å². The van der Waals surface area contributed by atoms with Gasteiger partial charge in [-0.2, -0.15) is 0 Å². The maximum atomic E-state index is 12.6. The second kappa shape index (κ2) is 7.42. The minimum atomic E-state index is -0.147. The molecule has 0 spiro atoms. The van der Waals surface area contributed by atoms with Crippen molar-refractivity contribution in [2.45, 2.75) is 6.54 Å². The van der Waals surface area contributed by atoms with E-state index in [9.17, 15) is 4.79 Å². The lowest BCUT2D eigenvalue weighted by atomic mass is 10.1. The Morgan fingerprint density at radius 3 is 2.85 bits per heavy atom. The van der Waals surface area contributed by atoms with Gasteiger partial charge in [0.2, 0.25) is 0 Å². The van der Waals surface area contributed by atoms with Crippen LogP contribution in [-0.4, -0.2) is 22.4 Å². The van der Waals surface area contributed by atoms with Crippen molar-refractivity contribution in [2.75, 3.05) is 7.11 Å². The van der Waals surface area contributed by atoms with Crippen LogP contribution < -0.4 is 10.1 Å². The number of fused-ring (bicyclic) bond motifs is 1. The third kappa shape index (κ3) is 3.67. The SMILES string of the molecule is COc1cccc(-c2cn3c(C(=O)NCc4ccc(Cl)cc4)csc3n2)c1. The van der Waals surface area contributed by atoms with Crippen LogP contribution in [0.25, 0.3) is 16.2 Å².